The lowest BCUT2D eigenvalue weighted by molar-refractivity contribution is 0.448. The van der Waals surface area contributed by atoms with Crippen molar-refractivity contribution in [1.82, 2.24) is 5.32 Å². The van der Waals surface area contributed by atoms with Crippen LogP contribution in [0.4, 0.5) is 0 Å². The molecular formula is C16H23N. The molecule has 1 nitrogen and oxygen atoms in total. The van der Waals surface area contributed by atoms with Crippen LogP contribution in [0.2, 0.25) is 0 Å². The Bertz CT molecular complexity index is 400. The number of nitrogens with one attached hydrogen (secondary N) is 1. The first-order valence-corrected chi connectivity index (χ1v) is 6.35. The van der Waals surface area contributed by atoms with E-state index < -0.39 is 0 Å². The second-order valence-electron chi connectivity index (χ2n) is 4.76. The zero-order valence-corrected chi connectivity index (χ0v) is 11.4. The molecule has 1 rings (SSSR count). The van der Waals surface area contributed by atoms with Crippen molar-refractivity contribution in [2.75, 3.05) is 0 Å². The molecule has 1 N–H and O–H groups in total. The smallest absolute Gasteiger partial charge is 0.0297 e. The molecule has 0 saturated heterocycles. The fraction of sp³-hybridized carbons (Fsp3) is 0.500. The van der Waals surface area contributed by atoms with E-state index in [0.29, 0.717) is 12.1 Å². The molecule has 0 heterocycles. The third-order valence-corrected chi connectivity index (χ3v) is 3.24. The lowest BCUT2D eigenvalue weighted by Gasteiger charge is -2.22. The van der Waals surface area contributed by atoms with Crippen LogP contribution < -0.4 is 5.32 Å². The molecule has 0 aliphatic heterocycles. The normalized spacial score (nSPS) is 14.1. The molecule has 0 saturated carbocycles. The van der Waals surface area contributed by atoms with E-state index in [0.717, 1.165) is 12.8 Å². The molecule has 92 valence electrons. The van der Waals surface area contributed by atoms with Gasteiger partial charge < -0.3 is 5.32 Å². The van der Waals surface area contributed by atoms with Gasteiger partial charge in [0.25, 0.3) is 0 Å². The first-order chi connectivity index (χ1) is 8.08. The molecule has 0 bridgehead atoms. The minimum Gasteiger partial charge on any atom is -0.306 e. The summed E-state index contributed by atoms with van der Waals surface area (Å²) in [4.78, 5) is 0. The summed E-state index contributed by atoms with van der Waals surface area (Å²) < 4.78 is 0. The quantitative estimate of drug-likeness (QED) is 0.758. The SMILES string of the molecule is C#CCC(CC)NC(C)c1cc(C)ccc1C. The predicted molar refractivity (Wildman–Crippen MR) is 75.0 cm³/mol. The van der Waals surface area contributed by atoms with Crippen molar-refractivity contribution in [3.05, 3.63) is 34.9 Å². The van der Waals surface area contributed by atoms with Crippen molar-refractivity contribution < 1.29 is 0 Å². The average Bonchev–Trinajstić information content (AvgIpc) is 2.31. The van der Waals surface area contributed by atoms with Gasteiger partial charge in [0, 0.05) is 18.5 Å². The van der Waals surface area contributed by atoms with E-state index in [4.69, 9.17) is 6.42 Å². The highest BCUT2D eigenvalue weighted by Crippen LogP contribution is 2.20. The summed E-state index contributed by atoms with van der Waals surface area (Å²) in [6.45, 7) is 8.68. The lowest BCUT2D eigenvalue weighted by atomic mass is 9.98. The maximum absolute atomic E-state index is 5.38. The van der Waals surface area contributed by atoms with Crippen molar-refractivity contribution in [2.45, 2.75) is 52.6 Å². The molecule has 1 heteroatoms. The van der Waals surface area contributed by atoms with Gasteiger partial charge in [0.1, 0.15) is 0 Å². The Morgan fingerprint density at radius 1 is 1.35 bits per heavy atom. The Hall–Kier alpha value is -1.26. The van der Waals surface area contributed by atoms with E-state index in [1.165, 1.54) is 16.7 Å². The van der Waals surface area contributed by atoms with Gasteiger partial charge in [-0.05, 0) is 38.3 Å². The third kappa shape index (κ3) is 3.91. The van der Waals surface area contributed by atoms with Gasteiger partial charge in [0.15, 0.2) is 0 Å². The van der Waals surface area contributed by atoms with Crippen LogP contribution in [0.5, 0.6) is 0 Å². The molecule has 1 aromatic rings. The van der Waals surface area contributed by atoms with Crippen LogP contribution in [-0.4, -0.2) is 6.04 Å². The van der Waals surface area contributed by atoms with Gasteiger partial charge in [0.2, 0.25) is 0 Å². The highest BCUT2D eigenvalue weighted by Gasteiger charge is 2.12. The van der Waals surface area contributed by atoms with E-state index >= 15 is 0 Å². The molecule has 0 aliphatic carbocycles. The zero-order chi connectivity index (χ0) is 12.8. The van der Waals surface area contributed by atoms with Crippen molar-refractivity contribution in [3.63, 3.8) is 0 Å². The number of hydrogen-bond acceptors (Lipinski definition) is 1. The highest BCUT2D eigenvalue weighted by atomic mass is 14.9. The van der Waals surface area contributed by atoms with E-state index in [9.17, 15) is 0 Å². The largest absolute Gasteiger partial charge is 0.306 e. The molecule has 0 radical (unpaired) electrons. The summed E-state index contributed by atoms with van der Waals surface area (Å²) in [5.41, 5.74) is 4.02. The molecule has 17 heavy (non-hydrogen) atoms. The van der Waals surface area contributed by atoms with Crippen LogP contribution in [0.3, 0.4) is 0 Å². The Balaban J connectivity index is 2.78. The molecular weight excluding hydrogens is 206 g/mol. The maximum Gasteiger partial charge on any atom is 0.0297 e. The molecule has 0 aromatic heterocycles. The van der Waals surface area contributed by atoms with Gasteiger partial charge in [-0.2, -0.15) is 0 Å². The fourth-order valence-corrected chi connectivity index (χ4v) is 2.13. The topological polar surface area (TPSA) is 12.0 Å². The lowest BCUT2D eigenvalue weighted by Crippen LogP contribution is -2.31. The molecule has 0 aliphatic rings. The van der Waals surface area contributed by atoms with Gasteiger partial charge in [-0.3, -0.25) is 0 Å². The van der Waals surface area contributed by atoms with Crippen LogP contribution >= 0.6 is 0 Å². The molecule has 0 amide bonds. The molecule has 2 atom stereocenters. The summed E-state index contributed by atoms with van der Waals surface area (Å²) in [6, 6.07) is 7.37. The number of benzene rings is 1. The first-order valence-electron chi connectivity index (χ1n) is 6.35. The van der Waals surface area contributed by atoms with Crippen LogP contribution in [0.1, 0.15) is 49.4 Å². The molecule has 0 spiro atoms. The number of hydrogen-bond donors (Lipinski definition) is 1. The van der Waals surface area contributed by atoms with E-state index in [-0.39, 0.29) is 0 Å². The Morgan fingerprint density at radius 2 is 2.06 bits per heavy atom. The van der Waals surface area contributed by atoms with Gasteiger partial charge >= 0.3 is 0 Å². The fourth-order valence-electron chi connectivity index (χ4n) is 2.13. The summed E-state index contributed by atoms with van der Waals surface area (Å²) in [5.74, 6) is 2.74. The zero-order valence-electron chi connectivity index (χ0n) is 11.4. The first kappa shape index (κ1) is 13.8. The monoisotopic (exact) mass is 229 g/mol. The Kier molecular flexibility index (Phi) is 5.25. The van der Waals surface area contributed by atoms with E-state index in [1.54, 1.807) is 0 Å². The maximum atomic E-state index is 5.38. The van der Waals surface area contributed by atoms with Crippen LogP contribution in [0, 0.1) is 26.2 Å². The van der Waals surface area contributed by atoms with Crippen molar-refractivity contribution in [2.24, 2.45) is 0 Å². The number of aryl methyl sites for hydroxylation is 2. The van der Waals surface area contributed by atoms with Crippen molar-refractivity contribution in [1.29, 1.82) is 0 Å². The van der Waals surface area contributed by atoms with Gasteiger partial charge in [-0.1, -0.05) is 30.7 Å². The van der Waals surface area contributed by atoms with Gasteiger partial charge in [-0.15, -0.1) is 12.3 Å². The predicted octanol–water partition coefficient (Wildman–Crippen LogP) is 3.76. The molecule has 2 unspecified atom stereocenters. The summed E-state index contributed by atoms with van der Waals surface area (Å²) in [7, 11) is 0. The molecule has 1 aromatic carbocycles. The van der Waals surface area contributed by atoms with Crippen LogP contribution in [0.15, 0.2) is 18.2 Å². The third-order valence-electron chi connectivity index (χ3n) is 3.24. The minimum atomic E-state index is 0.355. The van der Waals surface area contributed by atoms with Crippen molar-refractivity contribution in [3.8, 4) is 12.3 Å². The van der Waals surface area contributed by atoms with Crippen LogP contribution in [-0.2, 0) is 0 Å². The van der Waals surface area contributed by atoms with Gasteiger partial charge in [0.05, 0.1) is 0 Å². The van der Waals surface area contributed by atoms with Crippen molar-refractivity contribution >= 4 is 0 Å². The number of terminal acetylenes is 1. The second kappa shape index (κ2) is 6.47. The summed E-state index contributed by atoms with van der Waals surface area (Å²) in [6.07, 6.45) is 7.25. The minimum absolute atomic E-state index is 0.355. The Labute approximate surface area is 106 Å². The standard InChI is InChI=1S/C16H23N/c1-6-8-15(7-2)17-14(5)16-11-12(3)9-10-13(16)4/h1,9-11,14-15,17H,7-8H2,2-5H3. The second-order valence-corrected chi connectivity index (χ2v) is 4.76. The van der Waals surface area contributed by atoms with Crippen LogP contribution in [0.25, 0.3) is 0 Å². The summed E-state index contributed by atoms with van der Waals surface area (Å²) in [5, 5.41) is 3.61. The number of rotatable bonds is 5. The molecule has 0 fully saturated rings. The van der Waals surface area contributed by atoms with E-state index in [1.807, 2.05) is 0 Å². The van der Waals surface area contributed by atoms with E-state index in [2.05, 4.69) is 57.1 Å². The van der Waals surface area contributed by atoms with Gasteiger partial charge in [-0.25, -0.2) is 0 Å². The highest BCUT2D eigenvalue weighted by molar-refractivity contribution is 5.32. The summed E-state index contributed by atoms with van der Waals surface area (Å²) >= 11 is 0. The average molecular weight is 229 g/mol. The Morgan fingerprint density at radius 3 is 2.65 bits per heavy atom.